The van der Waals surface area contributed by atoms with E-state index in [2.05, 4.69) is 10.6 Å². The number of hydrogen-bond donors (Lipinski definition) is 2. The smallest absolute Gasteiger partial charge is 0.319 e. The van der Waals surface area contributed by atoms with Crippen LogP contribution >= 0.6 is 0 Å². The van der Waals surface area contributed by atoms with Crippen LogP contribution in [0.25, 0.3) is 0 Å². The Balaban J connectivity index is 3.30. The molecule has 0 aliphatic carbocycles. The van der Waals surface area contributed by atoms with Crippen molar-refractivity contribution in [3.63, 3.8) is 0 Å². The van der Waals surface area contributed by atoms with E-state index in [0.29, 0.717) is 32.7 Å². The van der Waals surface area contributed by atoms with Gasteiger partial charge in [0.1, 0.15) is 0 Å². The highest BCUT2D eigenvalue weighted by atomic mass is 16.5. The van der Waals surface area contributed by atoms with Gasteiger partial charge in [0.2, 0.25) is 5.91 Å². The second-order valence-electron chi connectivity index (χ2n) is 3.07. The third-order valence-corrected chi connectivity index (χ3v) is 1.73. The second-order valence-corrected chi connectivity index (χ2v) is 3.07. The molecular formula is C10H20N2O4. The van der Waals surface area contributed by atoms with Crippen molar-refractivity contribution in [3.8, 4) is 0 Å². The zero-order valence-corrected chi connectivity index (χ0v) is 9.88. The fourth-order valence-corrected chi connectivity index (χ4v) is 0.985. The normalized spacial score (nSPS) is 9.88. The standard InChI is InChI=1S/C10H20N2O4/c1-3-16-10(14)8-11-5-4-9(13)12-6-7-15-2/h11H,3-8H2,1-2H3,(H,12,13). The van der Waals surface area contributed by atoms with Crippen molar-refractivity contribution >= 4 is 11.9 Å². The molecule has 6 nitrogen and oxygen atoms in total. The fraction of sp³-hybridized carbons (Fsp3) is 0.800. The van der Waals surface area contributed by atoms with Crippen LogP contribution in [0.15, 0.2) is 0 Å². The predicted octanol–water partition coefficient (Wildman–Crippen LogP) is -0.708. The number of methoxy groups -OCH3 is 1. The summed E-state index contributed by atoms with van der Waals surface area (Å²) in [6.45, 7) is 3.73. The quantitative estimate of drug-likeness (QED) is 0.406. The van der Waals surface area contributed by atoms with E-state index >= 15 is 0 Å². The van der Waals surface area contributed by atoms with Crippen molar-refractivity contribution in [1.82, 2.24) is 10.6 Å². The SMILES string of the molecule is CCOC(=O)CNCCC(=O)NCCOC. The van der Waals surface area contributed by atoms with E-state index in [1.165, 1.54) is 0 Å². The first-order valence-corrected chi connectivity index (χ1v) is 5.32. The molecule has 0 aromatic heterocycles. The third-order valence-electron chi connectivity index (χ3n) is 1.73. The minimum atomic E-state index is -0.303. The summed E-state index contributed by atoms with van der Waals surface area (Å²) < 4.78 is 9.49. The number of nitrogens with one attached hydrogen (secondary N) is 2. The van der Waals surface area contributed by atoms with Crippen LogP contribution in [0.1, 0.15) is 13.3 Å². The van der Waals surface area contributed by atoms with Crippen LogP contribution in [0.5, 0.6) is 0 Å². The fourth-order valence-electron chi connectivity index (χ4n) is 0.985. The van der Waals surface area contributed by atoms with Crippen LogP contribution in [-0.2, 0) is 19.1 Å². The molecule has 0 bridgehead atoms. The summed E-state index contributed by atoms with van der Waals surface area (Å²) in [4.78, 5) is 22.1. The van der Waals surface area contributed by atoms with Crippen molar-refractivity contribution in [2.24, 2.45) is 0 Å². The summed E-state index contributed by atoms with van der Waals surface area (Å²) in [7, 11) is 1.58. The molecule has 6 heteroatoms. The maximum Gasteiger partial charge on any atom is 0.319 e. The summed E-state index contributed by atoms with van der Waals surface area (Å²) in [5, 5.41) is 5.50. The highest BCUT2D eigenvalue weighted by molar-refractivity contribution is 5.76. The van der Waals surface area contributed by atoms with Crippen LogP contribution in [-0.4, -0.2) is 51.8 Å². The van der Waals surface area contributed by atoms with Crippen molar-refractivity contribution in [2.45, 2.75) is 13.3 Å². The number of esters is 1. The van der Waals surface area contributed by atoms with Gasteiger partial charge < -0.3 is 20.1 Å². The van der Waals surface area contributed by atoms with Gasteiger partial charge in [0.15, 0.2) is 0 Å². The first-order valence-electron chi connectivity index (χ1n) is 5.32. The Morgan fingerprint density at radius 2 is 2.00 bits per heavy atom. The molecule has 2 N–H and O–H groups in total. The molecule has 16 heavy (non-hydrogen) atoms. The zero-order valence-electron chi connectivity index (χ0n) is 9.88. The molecular weight excluding hydrogens is 212 g/mol. The van der Waals surface area contributed by atoms with E-state index < -0.39 is 0 Å². The molecule has 0 heterocycles. The van der Waals surface area contributed by atoms with Crippen LogP contribution in [0.3, 0.4) is 0 Å². The van der Waals surface area contributed by atoms with Gasteiger partial charge in [-0.05, 0) is 6.92 Å². The Labute approximate surface area is 95.7 Å². The van der Waals surface area contributed by atoms with Gasteiger partial charge in [-0.25, -0.2) is 0 Å². The predicted molar refractivity (Wildman–Crippen MR) is 59.0 cm³/mol. The number of hydrogen-bond acceptors (Lipinski definition) is 5. The van der Waals surface area contributed by atoms with E-state index in [-0.39, 0.29) is 18.4 Å². The zero-order chi connectivity index (χ0) is 12.2. The van der Waals surface area contributed by atoms with Crippen LogP contribution in [0, 0.1) is 0 Å². The lowest BCUT2D eigenvalue weighted by Crippen LogP contribution is -2.32. The number of rotatable bonds is 9. The molecule has 0 saturated carbocycles. The highest BCUT2D eigenvalue weighted by Crippen LogP contribution is 1.79. The van der Waals surface area contributed by atoms with E-state index in [1.54, 1.807) is 14.0 Å². The lowest BCUT2D eigenvalue weighted by molar-refractivity contribution is -0.142. The molecule has 0 aliphatic heterocycles. The van der Waals surface area contributed by atoms with Crippen LogP contribution in [0.4, 0.5) is 0 Å². The van der Waals surface area contributed by atoms with Gasteiger partial charge in [0, 0.05) is 26.6 Å². The van der Waals surface area contributed by atoms with E-state index in [9.17, 15) is 9.59 Å². The van der Waals surface area contributed by atoms with Gasteiger partial charge in [-0.15, -0.1) is 0 Å². The molecule has 94 valence electrons. The largest absolute Gasteiger partial charge is 0.465 e. The van der Waals surface area contributed by atoms with Gasteiger partial charge in [-0.3, -0.25) is 9.59 Å². The van der Waals surface area contributed by atoms with Crippen LogP contribution < -0.4 is 10.6 Å². The molecule has 0 spiro atoms. The summed E-state index contributed by atoms with van der Waals surface area (Å²) in [5.74, 6) is -0.365. The Bertz CT molecular complexity index is 209. The number of carbonyl (C=O) groups excluding carboxylic acids is 2. The molecule has 0 unspecified atom stereocenters. The molecule has 0 aromatic carbocycles. The van der Waals surface area contributed by atoms with E-state index in [0.717, 1.165) is 0 Å². The summed E-state index contributed by atoms with van der Waals surface area (Å²) >= 11 is 0. The minimum absolute atomic E-state index is 0.0617. The van der Waals surface area contributed by atoms with E-state index in [1.807, 2.05) is 0 Å². The molecule has 1 amide bonds. The van der Waals surface area contributed by atoms with Gasteiger partial charge in [0.05, 0.1) is 19.8 Å². The summed E-state index contributed by atoms with van der Waals surface area (Å²) in [5.41, 5.74) is 0. The topological polar surface area (TPSA) is 76.7 Å². The number of amides is 1. The van der Waals surface area contributed by atoms with Crippen LogP contribution in [0.2, 0.25) is 0 Å². The molecule has 0 fully saturated rings. The van der Waals surface area contributed by atoms with Gasteiger partial charge in [0.25, 0.3) is 0 Å². The Kier molecular flexibility index (Phi) is 9.64. The van der Waals surface area contributed by atoms with Gasteiger partial charge >= 0.3 is 5.97 Å². The highest BCUT2D eigenvalue weighted by Gasteiger charge is 2.02. The number of ether oxygens (including phenoxy) is 2. The molecule has 0 aliphatic rings. The Morgan fingerprint density at radius 3 is 2.62 bits per heavy atom. The molecule has 0 atom stereocenters. The minimum Gasteiger partial charge on any atom is -0.465 e. The maximum atomic E-state index is 11.2. The summed E-state index contributed by atoms with van der Waals surface area (Å²) in [6.07, 6.45) is 0.336. The van der Waals surface area contributed by atoms with Crippen molar-refractivity contribution in [1.29, 1.82) is 0 Å². The monoisotopic (exact) mass is 232 g/mol. The van der Waals surface area contributed by atoms with Gasteiger partial charge in [-0.1, -0.05) is 0 Å². The first kappa shape index (κ1) is 14.9. The molecule has 0 rings (SSSR count). The van der Waals surface area contributed by atoms with Crippen molar-refractivity contribution in [3.05, 3.63) is 0 Å². The van der Waals surface area contributed by atoms with E-state index in [4.69, 9.17) is 9.47 Å². The number of carbonyl (C=O) groups is 2. The Morgan fingerprint density at radius 1 is 1.25 bits per heavy atom. The Hall–Kier alpha value is -1.14. The van der Waals surface area contributed by atoms with Crippen molar-refractivity contribution in [2.75, 3.05) is 40.0 Å². The molecule has 0 saturated heterocycles. The third kappa shape index (κ3) is 9.42. The average molecular weight is 232 g/mol. The first-order chi connectivity index (χ1) is 7.70. The maximum absolute atomic E-state index is 11.2. The van der Waals surface area contributed by atoms with Crippen molar-refractivity contribution < 1.29 is 19.1 Å². The summed E-state index contributed by atoms with van der Waals surface area (Å²) in [6, 6.07) is 0. The second kappa shape index (κ2) is 10.4. The molecule has 0 aromatic rings. The molecule has 0 radical (unpaired) electrons. The van der Waals surface area contributed by atoms with Gasteiger partial charge in [-0.2, -0.15) is 0 Å². The lowest BCUT2D eigenvalue weighted by atomic mass is 10.4. The average Bonchev–Trinajstić information content (AvgIpc) is 2.25. The lowest BCUT2D eigenvalue weighted by Gasteiger charge is -2.05.